The summed E-state index contributed by atoms with van der Waals surface area (Å²) >= 11 is 3.31. The average Bonchev–Trinajstić information content (AvgIpc) is 2.47. The number of pyridine rings is 1. The fourth-order valence-corrected chi connectivity index (χ4v) is 3.04. The highest BCUT2D eigenvalue weighted by Gasteiger charge is 2.42. The number of carbonyl (C=O) groups is 2. The zero-order valence-electron chi connectivity index (χ0n) is 11.3. The van der Waals surface area contributed by atoms with Crippen LogP contribution < -0.4 is 0 Å². The van der Waals surface area contributed by atoms with Gasteiger partial charge in [0, 0.05) is 23.8 Å². The molecule has 1 fully saturated rings. The summed E-state index contributed by atoms with van der Waals surface area (Å²) in [4.78, 5) is 29.7. The Balaban J connectivity index is 2.23. The van der Waals surface area contributed by atoms with Crippen molar-refractivity contribution in [3.05, 3.63) is 28.5 Å². The Labute approximate surface area is 126 Å². The fraction of sp³-hybridized carbons (Fsp3) is 0.500. The molecule has 20 heavy (non-hydrogen) atoms. The number of rotatable bonds is 3. The number of hydrogen-bond donors (Lipinski definition) is 1. The number of carbonyl (C=O) groups excluding carboxylic acids is 1. The van der Waals surface area contributed by atoms with E-state index < -0.39 is 11.4 Å². The van der Waals surface area contributed by atoms with E-state index in [4.69, 9.17) is 0 Å². The molecule has 108 valence electrons. The van der Waals surface area contributed by atoms with E-state index in [0.717, 1.165) is 0 Å². The molecule has 5 nitrogen and oxygen atoms in total. The van der Waals surface area contributed by atoms with Crippen molar-refractivity contribution in [3.63, 3.8) is 0 Å². The van der Waals surface area contributed by atoms with Crippen LogP contribution in [0.5, 0.6) is 0 Å². The van der Waals surface area contributed by atoms with Crippen molar-refractivity contribution in [2.24, 2.45) is 5.41 Å². The Kier molecular flexibility index (Phi) is 4.42. The lowest BCUT2D eigenvalue weighted by atomic mass is 9.77. The Hall–Kier alpha value is -1.43. The van der Waals surface area contributed by atoms with Crippen molar-refractivity contribution in [2.75, 3.05) is 13.1 Å². The minimum Gasteiger partial charge on any atom is -0.481 e. The summed E-state index contributed by atoms with van der Waals surface area (Å²) in [5.41, 5.74) is -0.486. The van der Waals surface area contributed by atoms with Crippen molar-refractivity contribution in [3.8, 4) is 0 Å². The summed E-state index contributed by atoms with van der Waals surface area (Å²) in [7, 11) is 0. The molecule has 0 saturated carbocycles. The predicted molar refractivity (Wildman–Crippen MR) is 77.4 cm³/mol. The van der Waals surface area contributed by atoms with E-state index in [1.807, 2.05) is 6.92 Å². The zero-order chi connectivity index (χ0) is 14.8. The Morgan fingerprint density at radius 3 is 2.90 bits per heavy atom. The van der Waals surface area contributed by atoms with Gasteiger partial charge in [0.1, 0.15) is 5.69 Å². The van der Waals surface area contributed by atoms with Crippen LogP contribution >= 0.6 is 15.9 Å². The molecule has 1 amide bonds. The van der Waals surface area contributed by atoms with Crippen LogP contribution in [0.25, 0.3) is 0 Å². The summed E-state index contributed by atoms with van der Waals surface area (Å²) in [6.07, 6.45) is 3.41. The van der Waals surface area contributed by atoms with Crippen molar-refractivity contribution < 1.29 is 14.7 Å². The maximum absolute atomic E-state index is 12.5. The number of nitrogens with zero attached hydrogens (tertiary/aromatic N) is 2. The van der Waals surface area contributed by atoms with E-state index >= 15 is 0 Å². The number of amides is 1. The molecule has 1 aromatic rings. The van der Waals surface area contributed by atoms with E-state index in [0.29, 0.717) is 36.0 Å². The van der Waals surface area contributed by atoms with Gasteiger partial charge in [0.05, 0.1) is 5.41 Å². The van der Waals surface area contributed by atoms with Crippen LogP contribution in [0.3, 0.4) is 0 Å². The summed E-state index contributed by atoms with van der Waals surface area (Å²) < 4.78 is 0.632. The number of halogens is 1. The second kappa shape index (κ2) is 5.91. The lowest BCUT2D eigenvalue weighted by molar-refractivity contribution is -0.152. The zero-order valence-corrected chi connectivity index (χ0v) is 12.9. The molecule has 1 aromatic heterocycles. The first-order valence-electron chi connectivity index (χ1n) is 6.63. The smallest absolute Gasteiger partial charge is 0.311 e. The first-order chi connectivity index (χ1) is 9.50. The quantitative estimate of drug-likeness (QED) is 0.917. The standard InChI is InChI=1S/C14H17BrN2O3/c1-2-14(13(19)20)6-4-8-17(9-14)12(18)11-10(15)5-3-7-16-11/h3,5,7H,2,4,6,8-9H2,1H3,(H,19,20). The second-order valence-electron chi connectivity index (χ2n) is 5.10. The first kappa shape index (κ1) is 15.0. The number of hydrogen-bond acceptors (Lipinski definition) is 3. The third-order valence-electron chi connectivity index (χ3n) is 3.96. The summed E-state index contributed by atoms with van der Waals surface area (Å²) in [6.45, 7) is 2.69. The molecule has 0 aliphatic carbocycles. The van der Waals surface area contributed by atoms with Crippen LogP contribution in [0.1, 0.15) is 36.7 Å². The minimum absolute atomic E-state index is 0.212. The third kappa shape index (κ3) is 2.70. The van der Waals surface area contributed by atoms with Crippen molar-refractivity contribution in [2.45, 2.75) is 26.2 Å². The molecule has 1 saturated heterocycles. The van der Waals surface area contributed by atoms with Crippen LogP contribution in [0.2, 0.25) is 0 Å². The van der Waals surface area contributed by atoms with Crippen LogP contribution in [0, 0.1) is 5.41 Å². The molecule has 0 radical (unpaired) electrons. The van der Waals surface area contributed by atoms with Gasteiger partial charge in [0.2, 0.25) is 0 Å². The number of likely N-dealkylation sites (tertiary alicyclic amines) is 1. The monoisotopic (exact) mass is 340 g/mol. The maximum atomic E-state index is 12.5. The largest absolute Gasteiger partial charge is 0.481 e. The van der Waals surface area contributed by atoms with Gasteiger partial charge in [-0.1, -0.05) is 6.92 Å². The Morgan fingerprint density at radius 1 is 1.55 bits per heavy atom. The molecule has 0 aromatic carbocycles. The van der Waals surface area contributed by atoms with Gasteiger partial charge in [-0.05, 0) is 47.3 Å². The van der Waals surface area contributed by atoms with Crippen LogP contribution in [-0.4, -0.2) is 40.0 Å². The summed E-state index contributed by atoms with van der Waals surface area (Å²) in [5, 5.41) is 9.45. The normalized spacial score (nSPS) is 22.6. The van der Waals surface area contributed by atoms with Gasteiger partial charge in [-0.15, -0.1) is 0 Å². The van der Waals surface area contributed by atoms with Gasteiger partial charge in [-0.3, -0.25) is 9.59 Å². The van der Waals surface area contributed by atoms with Gasteiger partial charge in [0.25, 0.3) is 5.91 Å². The maximum Gasteiger partial charge on any atom is 0.311 e. The van der Waals surface area contributed by atoms with Gasteiger partial charge in [0.15, 0.2) is 0 Å². The number of carboxylic acids is 1. The molecule has 2 heterocycles. The fourth-order valence-electron chi connectivity index (χ4n) is 2.61. The Bertz CT molecular complexity index is 535. The van der Waals surface area contributed by atoms with E-state index in [1.165, 1.54) is 0 Å². The van der Waals surface area contributed by atoms with E-state index in [1.54, 1.807) is 23.2 Å². The van der Waals surface area contributed by atoms with Crippen molar-refractivity contribution in [1.82, 2.24) is 9.88 Å². The van der Waals surface area contributed by atoms with Gasteiger partial charge < -0.3 is 10.0 Å². The van der Waals surface area contributed by atoms with Crippen LogP contribution in [0.4, 0.5) is 0 Å². The molecule has 0 spiro atoms. The van der Waals surface area contributed by atoms with Gasteiger partial charge in [-0.25, -0.2) is 4.98 Å². The highest BCUT2D eigenvalue weighted by atomic mass is 79.9. The van der Waals surface area contributed by atoms with Crippen molar-refractivity contribution >= 4 is 27.8 Å². The highest BCUT2D eigenvalue weighted by molar-refractivity contribution is 9.10. The summed E-state index contributed by atoms with van der Waals surface area (Å²) in [6, 6.07) is 3.50. The number of carboxylic acid groups (broad SMARTS) is 1. The summed E-state index contributed by atoms with van der Waals surface area (Å²) in [5.74, 6) is -1.03. The Morgan fingerprint density at radius 2 is 2.30 bits per heavy atom. The highest BCUT2D eigenvalue weighted by Crippen LogP contribution is 2.34. The van der Waals surface area contributed by atoms with Crippen molar-refractivity contribution in [1.29, 1.82) is 0 Å². The number of piperidine rings is 1. The third-order valence-corrected chi connectivity index (χ3v) is 4.60. The molecule has 1 aliphatic rings. The lowest BCUT2D eigenvalue weighted by Gasteiger charge is -2.39. The average molecular weight is 341 g/mol. The molecule has 1 N–H and O–H groups in total. The van der Waals surface area contributed by atoms with E-state index in [2.05, 4.69) is 20.9 Å². The molecule has 6 heteroatoms. The minimum atomic E-state index is -0.824. The molecule has 1 aliphatic heterocycles. The number of aliphatic carboxylic acids is 1. The van der Waals surface area contributed by atoms with Gasteiger partial charge in [-0.2, -0.15) is 0 Å². The van der Waals surface area contributed by atoms with Crippen LogP contribution in [0.15, 0.2) is 22.8 Å². The van der Waals surface area contributed by atoms with E-state index in [-0.39, 0.29) is 12.5 Å². The van der Waals surface area contributed by atoms with Gasteiger partial charge >= 0.3 is 5.97 Å². The number of aromatic nitrogens is 1. The molecular formula is C14H17BrN2O3. The topological polar surface area (TPSA) is 70.5 Å². The second-order valence-corrected chi connectivity index (χ2v) is 5.96. The molecule has 1 unspecified atom stereocenters. The molecular weight excluding hydrogens is 324 g/mol. The lowest BCUT2D eigenvalue weighted by Crippen LogP contribution is -2.49. The van der Waals surface area contributed by atoms with E-state index in [9.17, 15) is 14.7 Å². The predicted octanol–water partition coefficient (Wildman–Crippen LogP) is 2.56. The SMILES string of the molecule is CCC1(C(=O)O)CCCN(C(=O)c2ncccc2Br)C1. The molecule has 0 bridgehead atoms. The molecule has 2 rings (SSSR count). The van der Waals surface area contributed by atoms with Crippen LogP contribution in [-0.2, 0) is 4.79 Å². The molecule has 1 atom stereocenters. The first-order valence-corrected chi connectivity index (χ1v) is 7.42.